The van der Waals surface area contributed by atoms with Crippen molar-refractivity contribution in [2.75, 3.05) is 0 Å². The first-order chi connectivity index (χ1) is 28.8. The maximum absolute atomic E-state index is 11.9. The van der Waals surface area contributed by atoms with Crippen molar-refractivity contribution in [2.45, 2.75) is 165 Å². The molecule has 0 spiro atoms. The second-order valence-electron chi connectivity index (χ2n) is 15.5. The van der Waals surface area contributed by atoms with Gasteiger partial charge in [0.15, 0.2) is 0 Å². The van der Waals surface area contributed by atoms with Crippen molar-refractivity contribution in [1.29, 1.82) is 0 Å². The second-order valence-corrected chi connectivity index (χ2v) is 18.2. The molecule has 61 heavy (non-hydrogen) atoms. The van der Waals surface area contributed by atoms with Crippen LogP contribution in [0, 0.1) is 0 Å². The summed E-state index contributed by atoms with van der Waals surface area (Å²) < 4.78 is 79.8. The Bertz CT molecular complexity index is 1870. The molecule has 4 aromatic rings. The van der Waals surface area contributed by atoms with E-state index in [1.807, 2.05) is 0 Å². The molecule has 0 saturated carbocycles. The molecule has 0 aromatic heterocycles. The topological polar surface area (TPSA) is 173 Å². The van der Waals surface area contributed by atoms with E-state index < -0.39 is 20.2 Å². The molecule has 0 aliphatic carbocycles. The van der Waals surface area contributed by atoms with Crippen LogP contribution in [0.2, 0.25) is 0 Å². The molecule has 0 unspecified atom stereocenters. The van der Waals surface area contributed by atoms with Gasteiger partial charge in [-0.2, -0.15) is 8.42 Å². The fourth-order valence-corrected chi connectivity index (χ4v) is 8.50. The second kappa shape index (κ2) is 30.3. The Hall–Kier alpha value is -2.84. The van der Waals surface area contributed by atoms with E-state index in [1.165, 1.54) is 138 Å². The van der Waals surface area contributed by atoms with Crippen molar-refractivity contribution in [3.8, 4) is 34.5 Å². The molecule has 0 aliphatic heterocycles. The Morgan fingerprint density at radius 1 is 0.475 bits per heavy atom. The van der Waals surface area contributed by atoms with E-state index in [-0.39, 0.29) is 64.8 Å². The largest absolute Gasteiger partial charge is 2.00 e. The zero-order chi connectivity index (χ0) is 43.6. The molecule has 0 heterocycles. The molecular formula is C48H66CaO10S2. The first-order valence-corrected chi connectivity index (χ1v) is 24.8. The van der Waals surface area contributed by atoms with Crippen LogP contribution in [0.5, 0.6) is 34.5 Å². The Morgan fingerprint density at radius 2 is 0.803 bits per heavy atom. The molecular weight excluding hydrogens is 841 g/mol. The predicted octanol–water partition coefficient (Wildman–Crippen LogP) is 12.4. The third kappa shape index (κ3) is 22.9. The summed E-state index contributed by atoms with van der Waals surface area (Å²) in [5.41, 5.74) is 1.14. The number of phenols is 1. The van der Waals surface area contributed by atoms with Crippen molar-refractivity contribution in [3.63, 3.8) is 0 Å². The summed E-state index contributed by atoms with van der Waals surface area (Å²) in [7, 11) is -8.93. The van der Waals surface area contributed by atoms with Crippen molar-refractivity contribution in [2.24, 2.45) is 0 Å². The fraction of sp³-hybridized carbons (Fsp3) is 0.500. The molecule has 0 aliphatic rings. The van der Waals surface area contributed by atoms with Crippen LogP contribution in [0.4, 0.5) is 0 Å². The molecule has 4 aromatic carbocycles. The maximum atomic E-state index is 11.9. The molecule has 2 N–H and O–H groups in total. The third-order valence-electron chi connectivity index (χ3n) is 10.4. The Morgan fingerprint density at radius 3 is 1.18 bits per heavy atom. The summed E-state index contributed by atoms with van der Waals surface area (Å²) >= 11 is 0. The molecule has 0 atom stereocenters. The summed E-state index contributed by atoms with van der Waals surface area (Å²) in [5.74, 6) is 1.43. The number of aromatic hydroxyl groups is 1. The number of hydrogen-bond acceptors (Lipinski definition) is 9. The van der Waals surface area contributed by atoms with Gasteiger partial charge in [-0.25, -0.2) is 8.42 Å². The summed E-state index contributed by atoms with van der Waals surface area (Å²) in [5, 5.41) is 20.5. The minimum absolute atomic E-state index is 0. The average Bonchev–Trinajstić information content (AvgIpc) is 3.21. The van der Waals surface area contributed by atoms with Gasteiger partial charge in [-0.15, -0.1) is 5.75 Å². The maximum Gasteiger partial charge on any atom is 2.00 e. The Kier molecular flexibility index (Phi) is 27.0. The van der Waals surface area contributed by atoms with E-state index >= 15 is 0 Å². The van der Waals surface area contributed by atoms with E-state index in [9.17, 15) is 36.2 Å². The van der Waals surface area contributed by atoms with E-state index in [4.69, 9.17) is 9.47 Å². The Balaban J connectivity index is 0.000000413. The van der Waals surface area contributed by atoms with Crippen molar-refractivity contribution >= 4 is 58.0 Å². The molecule has 0 amide bonds. The number of phenolic OH excluding ortho intramolecular Hbond substituents is 1. The van der Waals surface area contributed by atoms with Gasteiger partial charge in [0.05, 0.1) is 4.90 Å². The van der Waals surface area contributed by atoms with Crippen LogP contribution in [0.3, 0.4) is 0 Å². The van der Waals surface area contributed by atoms with Crippen LogP contribution >= 0.6 is 0 Å². The van der Waals surface area contributed by atoms with E-state index in [0.717, 1.165) is 38.5 Å². The molecule has 332 valence electrons. The van der Waals surface area contributed by atoms with Crippen LogP contribution in [0.15, 0.2) is 94.7 Å². The minimum Gasteiger partial charge on any atom is -0.872 e. The van der Waals surface area contributed by atoms with Gasteiger partial charge in [0, 0.05) is 6.07 Å². The van der Waals surface area contributed by atoms with Gasteiger partial charge in [-0.05, 0) is 91.4 Å². The van der Waals surface area contributed by atoms with Gasteiger partial charge in [-0.3, -0.25) is 4.55 Å². The number of benzene rings is 4. The molecule has 13 heteroatoms. The van der Waals surface area contributed by atoms with E-state index in [0.29, 0.717) is 41.2 Å². The number of ether oxygens (including phenoxy) is 2. The molecule has 10 nitrogen and oxygen atoms in total. The van der Waals surface area contributed by atoms with Crippen LogP contribution in [-0.4, -0.2) is 68.8 Å². The van der Waals surface area contributed by atoms with Crippen LogP contribution in [0.1, 0.15) is 153 Å². The predicted molar refractivity (Wildman–Crippen MR) is 242 cm³/mol. The number of aryl methyl sites for hydroxylation is 2. The molecule has 0 fully saturated rings. The van der Waals surface area contributed by atoms with Gasteiger partial charge in [0.2, 0.25) is 0 Å². The molecule has 0 radical (unpaired) electrons. The minimum atomic E-state index is -4.60. The van der Waals surface area contributed by atoms with Crippen molar-refractivity contribution in [1.82, 2.24) is 0 Å². The summed E-state index contributed by atoms with van der Waals surface area (Å²) in [4.78, 5) is -0.328. The Labute approximate surface area is 396 Å². The van der Waals surface area contributed by atoms with Gasteiger partial charge in [0.25, 0.3) is 10.1 Å². The molecule has 0 bridgehead atoms. The molecule has 0 saturated heterocycles. The monoisotopic (exact) mass is 906 g/mol. The first kappa shape index (κ1) is 54.3. The fourth-order valence-electron chi connectivity index (χ4n) is 6.98. The summed E-state index contributed by atoms with van der Waals surface area (Å²) in [6, 6.07) is 21.2. The SMILES string of the molecule is CCCCCCCCCCCCc1ccc(Oc2ccc(O)cc2)cc1S(=O)(=O)O.CCCCCCCCCCCCc1ccc(Oc2ccc([O-])cc2)cc1S(=O)(=O)[O-].[Ca+2]. The van der Waals surface area contributed by atoms with Crippen LogP contribution in [-0.2, 0) is 33.1 Å². The normalized spacial score (nSPS) is 11.3. The van der Waals surface area contributed by atoms with Gasteiger partial charge in [-0.1, -0.05) is 154 Å². The zero-order valence-electron chi connectivity index (χ0n) is 36.3. The van der Waals surface area contributed by atoms with Crippen molar-refractivity contribution < 1.29 is 45.6 Å². The van der Waals surface area contributed by atoms with Crippen molar-refractivity contribution in [3.05, 3.63) is 96.1 Å². The molecule has 4 rings (SSSR count). The number of rotatable bonds is 28. The quantitative estimate of drug-likeness (QED) is 0.0317. The standard InChI is InChI=1S/2C24H34O5S.Ca/c2*1-2-3-4-5-6-7-8-9-10-11-12-20-13-16-23(19-24(20)30(26,27)28)29-22-17-14-21(25)15-18-22;/h2*13-19,25H,2-12H2,1H3,(H,26,27,28);/q;;+2/p-2. The summed E-state index contributed by atoms with van der Waals surface area (Å²) in [6.45, 7) is 4.45. The zero-order valence-corrected chi connectivity index (χ0v) is 40.2. The number of unbranched alkanes of at least 4 members (excludes halogenated alkanes) is 18. The smallest absolute Gasteiger partial charge is 0.872 e. The van der Waals surface area contributed by atoms with Crippen LogP contribution < -0.4 is 14.6 Å². The van der Waals surface area contributed by atoms with Gasteiger partial charge in [0.1, 0.15) is 43.8 Å². The van der Waals surface area contributed by atoms with Crippen LogP contribution in [0.25, 0.3) is 0 Å². The number of hydrogen-bond donors (Lipinski definition) is 2. The van der Waals surface area contributed by atoms with E-state index in [2.05, 4.69) is 13.8 Å². The van der Waals surface area contributed by atoms with Gasteiger partial charge < -0.3 is 24.2 Å². The third-order valence-corrected chi connectivity index (χ3v) is 12.2. The first-order valence-electron chi connectivity index (χ1n) is 21.9. The van der Waals surface area contributed by atoms with E-state index in [1.54, 1.807) is 36.4 Å². The average molecular weight is 907 g/mol. The summed E-state index contributed by atoms with van der Waals surface area (Å²) in [6.07, 6.45) is 25.3. The van der Waals surface area contributed by atoms with Gasteiger partial charge >= 0.3 is 37.7 Å².